The third-order valence-electron chi connectivity index (χ3n) is 3.48. The molecule has 5 heteroatoms. The Labute approximate surface area is 121 Å². The van der Waals surface area contributed by atoms with Gasteiger partial charge in [0.15, 0.2) is 4.77 Å². The molecule has 1 aliphatic carbocycles. The highest BCUT2D eigenvalue weighted by atomic mass is 32.1. The van der Waals surface area contributed by atoms with Crippen molar-refractivity contribution in [3.8, 4) is 0 Å². The highest BCUT2D eigenvalue weighted by Gasteiger charge is 2.22. The molecule has 0 aromatic carbocycles. The molecule has 0 amide bonds. The van der Waals surface area contributed by atoms with Gasteiger partial charge in [0, 0.05) is 11.4 Å². The van der Waals surface area contributed by atoms with Gasteiger partial charge in [-0.2, -0.15) is 0 Å². The van der Waals surface area contributed by atoms with Crippen molar-refractivity contribution in [2.75, 3.05) is 0 Å². The van der Waals surface area contributed by atoms with E-state index in [4.69, 9.17) is 12.2 Å². The number of H-pyrrole nitrogens is 1. The SMILES string of the molecule is CC(C)(C)Cn1c(=S)[nH]c2sc3c(c2c1=O)CCC3. The number of nitrogens with zero attached hydrogens (tertiary/aromatic N) is 1. The lowest BCUT2D eigenvalue weighted by atomic mass is 9.97. The van der Waals surface area contributed by atoms with Crippen molar-refractivity contribution in [2.24, 2.45) is 5.41 Å². The van der Waals surface area contributed by atoms with Crippen molar-refractivity contribution in [3.63, 3.8) is 0 Å². The number of aromatic nitrogens is 2. The molecule has 1 aliphatic rings. The van der Waals surface area contributed by atoms with Crippen LogP contribution in [0.3, 0.4) is 0 Å². The summed E-state index contributed by atoms with van der Waals surface area (Å²) in [7, 11) is 0. The van der Waals surface area contributed by atoms with E-state index >= 15 is 0 Å². The van der Waals surface area contributed by atoms with Crippen molar-refractivity contribution in [1.82, 2.24) is 9.55 Å². The molecule has 0 saturated carbocycles. The molecule has 2 aromatic rings. The number of rotatable bonds is 1. The average molecular weight is 294 g/mol. The van der Waals surface area contributed by atoms with Gasteiger partial charge in [0.25, 0.3) is 5.56 Å². The molecule has 3 rings (SSSR count). The van der Waals surface area contributed by atoms with Gasteiger partial charge in [0.2, 0.25) is 0 Å². The van der Waals surface area contributed by atoms with Crippen LogP contribution in [-0.2, 0) is 19.4 Å². The van der Waals surface area contributed by atoms with Gasteiger partial charge in [-0.3, -0.25) is 9.36 Å². The fourth-order valence-corrected chi connectivity index (χ4v) is 4.32. The summed E-state index contributed by atoms with van der Waals surface area (Å²) in [5, 5.41) is 0.885. The van der Waals surface area contributed by atoms with E-state index in [1.54, 1.807) is 15.9 Å². The summed E-state index contributed by atoms with van der Waals surface area (Å²) < 4.78 is 2.27. The number of fused-ring (bicyclic) bond motifs is 3. The summed E-state index contributed by atoms with van der Waals surface area (Å²) in [6.45, 7) is 7.02. The second-order valence-corrected chi connectivity index (χ2v) is 7.94. The second kappa shape index (κ2) is 4.28. The maximum Gasteiger partial charge on any atom is 0.263 e. The number of nitrogens with one attached hydrogen (secondary N) is 1. The topological polar surface area (TPSA) is 37.8 Å². The molecule has 2 aromatic heterocycles. The first-order valence-electron chi connectivity index (χ1n) is 6.64. The van der Waals surface area contributed by atoms with Gasteiger partial charge in [-0.1, -0.05) is 20.8 Å². The number of hydrogen-bond donors (Lipinski definition) is 1. The van der Waals surface area contributed by atoms with E-state index in [1.807, 2.05) is 0 Å². The molecule has 102 valence electrons. The van der Waals surface area contributed by atoms with Crippen molar-refractivity contribution in [3.05, 3.63) is 25.6 Å². The second-order valence-electron chi connectivity index (χ2n) is 6.44. The van der Waals surface area contributed by atoms with E-state index in [0.29, 0.717) is 11.3 Å². The maximum atomic E-state index is 12.7. The molecular formula is C14H18N2OS2. The van der Waals surface area contributed by atoms with Crippen LogP contribution in [0.15, 0.2) is 4.79 Å². The van der Waals surface area contributed by atoms with Crippen LogP contribution in [-0.4, -0.2) is 9.55 Å². The predicted molar refractivity (Wildman–Crippen MR) is 82.7 cm³/mol. The first-order valence-corrected chi connectivity index (χ1v) is 7.87. The summed E-state index contributed by atoms with van der Waals surface area (Å²) in [6, 6.07) is 0. The third-order valence-corrected chi connectivity index (χ3v) is 5.01. The quantitative estimate of drug-likeness (QED) is 0.815. The Balaban J connectivity index is 2.30. The Morgan fingerprint density at radius 2 is 2.11 bits per heavy atom. The van der Waals surface area contributed by atoms with Crippen molar-refractivity contribution < 1.29 is 0 Å². The summed E-state index contributed by atoms with van der Waals surface area (Å²) >= 11 is 7.06. The lowest BCUT2D eigenvalue weighted by Crippen LogP contribution is -2.28. The van der Waals surface area contributed by atoms with Gasteiger partial charge < -0.3 is 4.98 Å². The first kappa shape index (κ1) is 13.1. The van der Waals surface area contributed by atoms with Gasteiger partial charge in [0.05, 0.1) is 5.39 Å². The van der Waals surface area contributed by atoms with Crippen LogP contribution >= 0.6 is 23.6 Å². The number of aromatic amines is 1. The molecule has 0 spiro atoms. The molecule has 19 heavy (non-hydrogen) atoms. The molecule has 0 atom stereocenters. The molecule has 3 nitrogen and oxygen atoms in total. The van der Waals surface area contributed by atoms with Gasteiger partial charge in [-0.05, 0) is 42.5 Å². The van der Waals surface area contributed by atoms with Crippen molar-refractivity contribution >= 4 is 33.8 Å². The summed E-state index contributed by atoms with van der Waals surface area (Å²) in [4.78, 5) is 18.3. The van der Waals surface area contributed by atoms with Crippen LogP contribution in [0.2, 0.25) is 0 Å². The van der Waals surface area contributed by atoms with Crippen molar-refractivity contribution in [1.29, 1.82) is 0 Å². The van der Waals surface area contributed by atoms with E-state index in [0.717, 1.165) is 23.1 Å². The van der Waals surface area contributed by atoms with Crippen LogP contribution in [0, 0.1) is 10.2 Å². The Morgan fingerprint density at radius 3 is 2.79 bits per heavy atom. The van der Waals surface area contributed by atoms with Crippen LogP contribution in [0.4, 0.5) is 0 Å². The van der Waals surface area contributed by atoms with E-state index in [-0.39, 0.29) is 11.0 Å². The molecule has 1 N–H and O–H groups in total. The normalized spacial score (nSPS) is 15.1. The lowest BCUT2D eigenvalue weighted by Gasteiger charge is -2.19. The Bertz CT molecular complexity index is 759. The first-order chi connectivity index (χ1) is 8.87. The smallest absolute Gasteiger partial charge is 0.263 e. The van der Waals surface area contributed by atoms with Gasteiger partial charge in [-0.15, -0.1) is 11.3 Å². The van der Waals surface area contributed by atoms with Crippen LogP contribution in [0.25, 0.3) is 10.2 Å². The Kier molecular flexibility index (Phi) is 2.94. The van der Waals surface area contributed by atoms with Crippen LogP contribution in [0.1, 0.15) is 37.6 Å². The zero-order valence-corrected chi connectivity index (χ0v) is 13.1. The summed E-state index contributed by atoms with van der Waals surface area (Å²) in [6.07, 6.45) is 3.31. The Hall–Kier alpha value is -0.940. The van der Waals surface area contributed by atoms with Crippen LogP contribution in [0.5, 0.6) is 0 Å². The zero-order valence-electron chi connectivity index (χ0n) is 11.5. The number of hydrogen-bond acceptors (Lipinski definition) is 3. The third kappa shape index (κ3) is 2.19. The molecule has 0 aliphatic heterocycles. The minimum atomic E-state index is 0.0398. The fraction of sp³-hybridized carbons (Fsp3) is 0.571. The van der Waals surface area contributed by atoms with E-state index in [2.05, 4.69) is 25.8 Å². The summed E-state index contributed by atoms with van der Waals surface area (Å²) in [5.41, 5.74) is 1.39. The largest absolute Gasteiger partial charge is 0.323 e. The maximum absolute atomic E-state index is 12.7. The molecule has 0 unspecified atom stereocenters. The highest BCUT2D eigenvalue weighted by Crippen LogP contribution is 2.34. The van der Waals surface area contributed by atoms with Gasteiger partial charge >= 0.3 is 0 Å². The van der Waals surface area contributed by atoms with E-state index in [9.17, 15) is 4.79 Å². The molecule has 0 fully saturated rings. The standard InChI is InChI=1S/C14H18N2OS2/c1-14(2,3)7-16-12(17)10-8-5-4-6-9(8)19-11(10)15-13(16)18/h4-7H2,1-3H3,(H,15,18). The molecule has 0 saturated heterocycles. The number of thiophene rings is 1. The minimum absolute atomic E-state index is 0.0398. The lowest BCUT2D eigenvalue weighted by molar-refractivity contribution is 0.335. The molecular weight excluding hydrogens is 276 g/mol. The highest BCUT2D eigenvalue weighted by molar-refractivity contribution is 7.71. The monoisotopic (exact) mass is 294 g/mol. The molecule has 0 bridgehead atoms. The van der Waals surface area contributed by atoms with Crippen LogP contribution < -0.4 is 5.56 Å². The Morgan fingerprint density at radius 1 is 1.37 bits per heavy atom. The average Bonchev–Trinajstić information content (AvgIpc) is 2.82. The molecule has 0 radical (unpaired) electrons. The molecule has 2 heterocycles. The fourth-order valence-electron chi connectivity index (χ4n) is 2.73. The minimum Gasteiger partial charge on any atom is -0.323 e. The van der Waals surface area contributed by atoms with Crippen molar-refractivity contribution in [2.45, 2.75) is 46.6 Å². The number of aryl methyl sites for hydroxylation is 2. The predicted octanol–water partition coefficient (Wildman–Crippen LogP) is 3.66. The van der Waals surface area contributed by atoms with Gasteiger partial charge in [-0.25, -0.2) is 0 Å². The van der Waals surface area contributed by atoms with E-state index in [1.165, 1.54) is 16.9 Å². The van der Waals surface area contributed by atoms with E-state index < -0.39 is 0 Å². The zero-order chi connectivity index (χ0) is 13.8. The summed E-state index contributed by atoms with van der Waals surface area (Å²) in [5.74, 6) is 0. The van der Waals surface area contributed by atoms with Gasteiger partial charge in [0.1, 0.15) is 4.83 Å².